The van der Waals surface area contributed by atoms with Gasteiger partial charge in [0.15, 0.2) is 0 Å². The second-order valence-electron chi connectivity index (χ2n) is 3.68. The second-order valence-corrected chi connectivity index (χ2v) is 4.53. The zero-order valence-corrected chi connectivity index (χ0v) is 11.3. The van der Waals surface area contributed by atoms with E-state index in [1.54, 1.807) is 7.11 Å². The standard InChI is InChI=1S/C12H18BrNO2/c1-9(8-15-2)16-11-3-4-12(13)10(7-11)5-6-14/h3-4,7,9H,5-6,8,14H2,1-2H3. The molecule has 0 aliphatic carbocycles. The van der Waals surface area contributed by atoms with E-state index in [0.29, 0.717) is 13.2 Å². The normalized spacial score (nSPS) is 12.5. The van der Waals surface area contributed by atoms with Gasteiger partial charge in [0.05, 0.1) is 6.61 Å². The van der Waals surface area contributed by atoms with Crippen LogP contribution in [0.2, 0.25) is 0 Å². The molecule has 0 fully saturated rings. The first-order chi connectivity index (χ1) is 7.67. The molecule has 0 radical (unpaired) electrons. The van der Waals surface area contributed by atoms with Crippen LogP contribution in [0.4, 0.5) is 0 Å². The van der Waals surface area contributed by atoms with E-state index in [-0.39, 0.29) is 6.10 Å². The maximum atomic E-state index is 5.71. The molecular formula is C12H18BrNO2. The van der Waals surface area contributed by atoms with E-state index in [4.69, 9.17) is 15.2 Å². The van der Waals surface area contributed by atoms with Gasteiger partial charge in [-0.2, -0.15) is 0 Å². The Labute approximate surface area is 105 Å². The van der Waals surface area contributed by atoms with Gasteiger partial charge in [-0.15, -0.1) is 0 Å². The van der Waals surface area contributed by atoms with Crippen LogP contribution in [0.5, 0.6) is 5.75 Å². The van der Waals surface area contributed by atoms with Gasteiger partial charge in [0.2, 0.25) is 0 Å². The SMILES string of the molecule is COCC(C)Oc1ccc(Br)c(CCN)c1. The summed E-state index contributed by atoms with van der Waals surface area (Å²) >= 11 is 3.49. The van der Waals surface area contributed by atoms with E-state index in [9.17, 15) is 0 Å². The summed E-state index contributed by atoms with van der Waals surface area (Å²) in [5, 5.41) is 0. The summed E-state index contributed by atoms with van der Waals surface area (Å²) in [6.45, 7) is 3.20. The molecule has 0 saturated heterocycles. The molecule has 1 atom stereocenters. The van der Waals surface area contributed by atoms with E-state index in [1.165, 1.54) is 5.56 Å². The van der Waals surface area contributed by atoms with Crippen molar-refractivity contribution in [3.8, 4) is 5.75 Å². The maximum Gasteiger partial charge on any atom is 0.120 e. The van der Waals surface area contributed by atoms with Crippen LogP contribution >= 0.6 is 15.9 Å². The van der Waals surface area contributed by atoms with Crippen LogP contribution in [-0.4, -0.2) is 26.4 Å². The molecule has 1 unspecified atom stereocenters. The lowest BCUT2D eigenvalue weighted by molar-refractivity contribution is 0.0920. The summed E-state index contributed by atoms with van der Waals surface area (Å²) in [6, 6.07) is 5.94. The number of hydrogen-bond acceptors (Lipinski definition) is 3. The van der Waals surface area contributed by atoms with Crippen LogP contribution in [0.3, 0.4) is 0 Å². The first-order valence-corrected chi connectivity index (χ1v) is 6.10. The highest BCUT2D eigenvalue weighted by Crippen LogP contribution is 2.23. The summed E-state index contributed by atoms with van der Waals surface area (Å²) in [5.41, 5.74) is 6.72. The molecule has 0 spiro atoms. The number of ether oxygens (including phenoxy) is 2. The molecule has 0 heterocycles. The zero-order valence-electron chi connectivity index (χ0n) is 9.70. The van der Waals surface area contributed by atoms with Crippen molar-refractivity contribution in [2.24, 2.45) is 5.73 Å². The van der Waals surface area contributed by atoms with E-state index < -0.39 is 0 Å². The molecule has 4 heteroatoms. The van der Waals surface area contributed by atoms with Crippen molar-refractivity contribution in [3.05, 3.63) is 28.2 Å². The molecule has 0 aromatic heterocycles. The van der Waals surface area contributed by atoms with Gasteiger partial charge in [0.25, 0.3) is 0 Å². The van der Waals surface area contributed by atoms with Crippen LogP contribution in [0.15, 0.2) is 22.7 Å². The average molecular weight is 288 g/mol. The Hall–Kier alpha value is -0.580. The molecule has 0 saturated carbocycles. The molecule has 1 aromatic carbocycles. The van der Waals surface area contributed by atoms with Gasteiger partial charge in [-0.25, -0.2) is 0 Å². The first kappa shape index (κ1) is 13.5. The Kier molecular flexibility index (Phi) is 5.80. The number of methoxy groups -OCH3 is 1. The summed E-state index contributed by atoms with van der Waals surface area (Å²) in [4.78, 5) is 0. The number of halogens is 1. The molecular weight excluding hydrogens is 270 g/mol. The van der Waals surface area contributed by atoms with E-state index >= 15 is 0 Å². The quantitative estimate of drug-likeness (QED) is 0.874. The Balaban J connectivity index is 2.70. The highest BCUT2D eigenvalue weighted by Gasteiger charge is 2.06. The van der Waals surface area contributed by atoms with Crippen LogP contribution in [-0.2, 0) is 11.2 Å². The summed E-state index contributed by atoms with van der Waals surface area (Å²) in [6.07, 6.45) is 0.896. The monoisotopic (exact) mass is 287 g/mol. The fourth-order valence-corrected chi connectivity index (χ4v) is 1.92. The molecule has 0 amide bonds. The van der Waals surface area contributed by atoms with Crippen molar-refractivity contribution in [2.45, 2.75) is 19.4 Å². The summed E-state index contributed by atoms with van der Waals surface area (Å²) < 4.78 is 11.8. The first-order valence-electron chi connectivity index (χ1n) is 5.31. The lowest BCUT2D eigenvalue weighted by Crippen LogP contribution is -2.18. The third-order valence-corrected chi connectivity index (χ3v) is 2.94. The third-order valence-electron chi connectivity index (χ3n) is 2.17. The molecule has 2 N–H and O–H groups in total. The molecule has 0 aliphatic rings. The molecule has 0 bridgehead atoms. The van der Waals surface area contributed by atoms with Gasteiger partial charge in [0, 0.05) is 11.6 Å². The smallest absolute Gasteiger partial charge is 0.120 e. The van der Waals surface area contributed by atoms with Gasteiger partial charge in [-0.1, -0.05) is 15.9 Å². The van der Waals surface area contributed by atoms with Crippen molar-refractivity contribution in [1.29, 1.82) is 0 Å². The van der Waals surface area contributed by atoms with Crippen molar-refractivity contribution < 1.29 is 9.47 Å². The third kappa shape index (κ3) is 4.12. The predicted octanol–water partition coefficient (Wildman–Crippen LogP) is 2.36. The van der Waals surface area contributed by atoms with Gasteiger partial charge < -0.3 is 15.2 Å². The maximum absolute atomic E-state index is 5.71. The van der Waals surface area contributed by atoms with Crippen LogP contribution in [0.25, 0.3) is 0 Å². The van der Waals surface area contributed by atoms with Gasteiger partial charge in [-0.3, -0.25) is 0 Å². The second kappa shape index (κ2) is 6.89. The number of hydrogen-bond donors (Lipinski definition) is 1. The Morgan fingerprint density at radius 2 is 2.19 bits per heavy atom. The fraction of sp³-hybridized carbons (Fsp3) is 0.500. The predicted molar refractivity (Wildman–Crippen MR) is 68.9 cm³/mol. The largest absolute Gasteiger partial charge is 0.488 e. The molecule has 0 aliphatic heterocycles. The Morgan fingerprint density at radius 3 is 2.81 bits per heavy atom. The van der Waals surface area contributed by atoms with Gasteiger partial charge in [-0.05, 0) is 43.7 Å². The summed E-state index contributed by atoms with van der Waals surface area (Å²) in [7, 11) is 1.67. The number of rotatable bonds is 6. The molecule has 16 heavy (non-hydrogen) atoms. The van der Waals surface area contributed by atoms with Gasteiger partial charge >= 0.3 is 0 Å². The minimum absolute atomic E-state index is 0.0527. The minimum atomic E-state index is 0.0527. The molecule has 90 valence electrons. The lowest BCUT2D eigenvalue weighted by atomic mass is 10.1. The molecule has 1 aromatic rings. The van der Waals surface area contributed by atoms with Crippen LogP contribution in [0, 0.1) is 0 Å². The van der Waals surface area contributed by atoms with Crippen molar-refractivity contribution in [1.82, 2.24) is 0 Å². The van der Waals surface area contributed by atoms with Crippen molar-refractivity contribution in [2.75, 3.05) is 20.3 Å². The number of nitrogens with two attached hydrogens (primary N) is 1. The summed E-state index contributed by atoms with van der Waals surface area (Å²) in [5.74, 6) is 0.858. The average Bonchev–Trinajstić information content (AvgIpc) is 2.24. The molecule has 1 rings (SSSR count). The van der Waals surface area contributed by atoms with Crippen molar-refractivity contribution in [3.63, 3.8) is 0 Å². The van der Waals surface area contributed by atoms with Crippen LogP contribution < -0.4 is 10.5 Å². The topological polar surface area (TPSA) is 44.5 Å². The van der Waals surface area contributed by atoms with Gasteiger partial charge in [0.1, 0.15) is 11.9 Å². The van der Waals surface area contributed by atoms with Crippen LogP contribution in [0.1, 0.15) is 12.5 Å². The Bertz CT molecular complexity index is 331. The lowest BCUT2D eigenvalue weighted by Gasteiger charge is -2.15. The highest BCUT2D eigenvalue weighted by molar-refractivity contribution is 9.10. The zero-order chi connectivity index (χ0) is 12.0. The van der Waals surface area contributed by atoms with E-state index in [1.807, 2.05) is 25.1 Å². The fourth-order valence-electron chi connectivity index (χ4n) is 1.47. The number of benzene rings is 1. The highest BCUT2D eigenvalue weighted by atomic mass is 79.9. The Morgan fingerprint density at radius 1 is 1.44 bits per heavy atom. The minimum Gasteiger partial charge on any atom is -0.488 e. The van der Waals surface area contributed by atoms with E-state index in [0.717, 1.165) is 16.6 Å². The van der Waals surface area contributed by atoms with E-state index in [2.05, 4.69) is 15.9 Å². The molecule has 3 nitrogen and oxygen atoms in total. The van der Waals surface area contributed by atoms with Crippen molar-refractivity contribution >= 4 is 15.9 Å².